The molecule has 0 bridgehead atoms. The Hall–Kier alpha value is -2.89. The molecule has 1 saturated heterocycles. The van der Waals surface area contributed by atoms with Gasteiger partial charge in [0.2, 0.25) is 5.88 Å². The van der Waals surface area contributed by atoms with E-state index in [2.05, 4.69) is 9.97 Å². The van der Waals surface area contributed by atoms with Crippen molar-refractivity contribution in [3.8, 4) is 11.9 Å². The summed E-state index contributed by atoms with van der Waals surface area (Å²) < 4.78 is 11.3. The minimum Gasteiger partial charge on any atom is -0.477 e. The molecule has 2 aliphatic carbocycles. The van der Waals surface area contributed by atoms with E-state index in [1.807, 2.05) is 17.9 Å². The van der Waals surface area contributed by atoms with E-state index in [0.29, 0.717) is 17.9 Å². The molecule has 1 aliphatic heterocycles. The van der Waals surface area contributed by atoms with E-state index in [9.17, 15) is 9.59 Å². The number of ether oxygens (including phenoxy) is 2. The van der Waals surface area contributed by atoms with Crippen molar-refractivity contribution in [2.45, 2.75) is 63.9 Å². The van der Waals surface area contributed by atoms with Crippen molar-refractivity contribution in [2.24, 2.45) is 11.3 Å². The van der Waals surface area contributed by atoms with Crippen LogP contribution in [0.2, 0.25) is 0 Å². The largest absolute Gasteiger partial charge is 0.477 e. The van der Waals surface area contributed by atoms with Crippen LogP contribution in [0.25, 0.3) is 0 Å². The van der Waals surface area contributed by atoms with E-state index in [-0.39, 0.29) is 29.8 Å². The summed E-state index contributed by atoms with van der Waals surface area (Å²) in [5.41, 5.74) is 0.412. The molecule has 33 heavy (non-hydrogen) atoms. The molecule has 9 nitrogen and oxygen atoms in total. The topological polar surface area (TPSA) is 109 Å². The van der Waals surface area contributed by atoms with Crippen LogP contribution in [0.5, 0.6) is 5.88 Å². The van der Waals surface area contributed by atoms with Gasteiger partial charge in [-0.3, -0.25) is 4.79 Å². The summed E-state index contributed by atoms with van der Waals surface area (Å²) in [4.78, 5) is 35.8. The van der Waals surface area contributed by atoms with E-state index >= 15 is 0 Å². The van der Waals surface area contributed by atoms with E-state index in [1.165, 1.54) is 30.1 Å². The van der Waals surface area contributed by atoms with Crippen LogP contribution < -0.4 is 4.74 Å². The molecule has 0 radical (unpaired) electrons. The van der Waals surface area contributed by atoms with Crippen LogP contribution in [-0.4, -0.2) is 70.7 Å². The fraction of sp³-hybridized carbons (Fsp3) is 0.708. The number of aromatic nitrogens is 2. The Bertz CT molecular complexity index is 892. The van der Waals surface area contributed by atoms with Gasteiger partial charge in [0.25, 0.3) is 5.91 Å². The quantitative estimate of drug-likeness (QED) is 0.436. The van der Waals surface area contributed by atoms with E-state index in [1.54, 1.807) is 7.05 Å². The Kier molecular flexibility index (Phi) is 6.73. The number of piperidine rings is 1. The minimum absolute atomic E-state index is 0.00546. The molecule has 0 N–H and O–H groups in total. The SMILES string of the molecule is CN(CC#N)C(=O)c1cnc(OCCCC2CC3(CCN(C(=O)OC4(C)CC4)CC3)C2)cn1. The van der Waals surface area contributed by atoms with Gasteiger partial charge < -0.3 is 19.3 Å². The third-order valence-corrected chi connectivity index (χ3v) is 7.32. The summed E-state index contributed by atoms with van der Waals surface area (Å²) in [6.07, 6.45) is 11.4. The third kappa shape index (κ3) is 5.73. The Labute approximate surface area is 195 Å². The fourth-order valence-electron chi connectivity index (χ4n) is 4.92. The molecule has 178 valence electrons. The highest BCUT2D eigenvalue weighted by molar-refractivity contribution is 5.91. The first-order valence-electron chi connectivity index (χ1n) is 11.9. The second-order valence-electron chi connectivity index (χ2n) is 10.1. The minimum atomic E-state index is -0.338. The molecule has 1 spiro atoms. The highest BCUT2D eigenvalue weighted by Crippen LogP contribution is 2.54. The number of nitrogens with zero attached hydrogens (tertiary/aromatic N) is 5. The standard InChI is InChI=1S/C24H33N5O4/c1-23(5-6-23)33-22(31)29-10-7-24(8-11-29)14-18(15-24)4-3-13-32-20-17-26-19(16-27-20)21(30)28(2)12-9-25/h16-18H,3-8,10-15H2,1-2H3. The zero-order valence-corrected chi connectivity index (χ0v) is 19.6. The predicted molar refractivity (Wildman–Crippen MR) is 119 cm³/mol. The van der Waals surface area contributed by atoms with Gasteiger partial charge in [0.1, 0.15) is 17.8 Å². The van der Waals surface area contributed by atoms with Crippen molar-refractivity contribution in [1.29, 1.82) is 5.26 Å². The summed E-state index contributed by atoms with van der Waals surface area (Å²) in [6, 6.07) is 1.93. The highest BCUT2D eigenvalue weighted by atomic mass is 16.6. The molecule has 1 aromatic heterocycles. The molecular weight excluding hydrogens is 422 g/mol. The number of likely N-dealkylation sites (tertiary alicyclic amines) is 1. The predicted octanol–water partition coefficient (Wildman–Crippen LogP) is 3.41. The number of carbonyl (C=O) groups is 2. The molecule has 0 aromatic carbocycles. The van der Waals surface area contributed by atoms with Gasteiger partial charge in [-0.1, -0.05) is 0 Å². The number of nitriles is 1. The van der Waals surface area contributed by atoms with Crippen LogP contribution in [0.15, 0.2) is 12.4 Å². The number of hydrogen-bond donors (Lipinski definition) is 0. The number of rotatable bonds is 8. The number of carbonyl (C=O) groups excluding carboxylic acids is 2. The lowest BCUT2D eigenvalue weighted by Crippen LogP contribution is -2.49. The average Bonchev–Trinajstić information content (AvgIpc) is 3.52. The summed E-state index contributed by atoms with van der Waals surface area (Å²) in [7, 11) is 1.55. The maximum atomic E-state index is 12.3. The van der Waals surface area contributed by atoms with Crippen molar-refractivity contribution in [2.75, 3.05) is 33.3 Å². The molecule has 3 fully saturated rings. The molecule has 0 unspecified atom stereocenters. The van der Waals surface area contributed by atoms with E-state index in [4.69, 9.17) is 14.7 Å². The van der Waals surface area contributed by atoms with Gasteiger partial charge in [0.05, 0.1) is 25.1 Å². The third-order valence-electron chi connectivity index (χ3n) is 7.32. The van der Waals surface area contributed by atoms with Crippen LogP contribution in [-0.2, 0) is 4.74 Å². The maximum absolute atomic E-state index is 12.3. The van der Waals surface area contributed by atoms with Gasteiger partial charge in [-0.15, -0.1) is 0 Å². The Morgan fingerprint density at radius 3 is 2.55 bits per heavy atom. The molecule has 2 amide bonds. The Morgan fingerprint density at radius 2 is 1.94 bits per heavy atom. The van der Waals surface area contributed by atoms with Gasteiger partial charge in [0.15, 0.2) is 0 Å². The van der Waals surface area contributed by atoms with Crippen molar-refractivity contribution < 1.29 is 19.1 Å². The summed E-state index contributed by atoms with van der Waals surface area (Å²) >= 11 is 0. The molecule has 1 aromatic rings. The van der Waals surface area contributed by atoms with Crippen LogP contribution in [0.1, 0.15) is 68.8 Å². The van der Waals surface area contributed by atoms with Gasteiger partial charge in [-0.25, -0.2) is 14.8 Å². The van der Waals surface area contributed by atoms with Crippen LogP contribution in [0.3, 0.4) is 0 Å². The molecular formula is C24H33N5O4. The van der Waals surface area contributed by atoms with E-state index in [0.717, 1.165) is 57.5 Å². The van der Waals surface area contributed by atoms with Crippen LogP contribution >= 0.6 is 0 Å². The Morgan fingerprint density at radius 1 is 1.21 bits per heavy atom. The smallest absolute Gasteiger partial charge is 0.410 e. The van der Waals surface area contributed by atoms with Gasteiger partial charge in [0, 0.05) is 20.1 Å². The fourth-order valence-corrected chi connectivity index (χ4v) is 4.92. The lowest BCUT2D eigenvalue weighted by Gasteiger charge is -2.52. The first kappa shape index (κ1) is 23.3. The van der Waals surface area contributed by atoms with Gasteiger partial charge >= 0.3 is 6.09 Å². The normalized spacial score (nSPS) is 20.5. The van der Waals surface area contributed by atoms with Gasteiger partial charge in [-0.05, 0) is 69.6 Å². The van der Waals surface area contributed by atoms with E-state index < -0.39 is 0 Å². The zero-order chi connectivity index (χ0) is 23.5. The number of hydrogen-bond acceptors (Lipinski definition) is 7. The summed E-state index contributed by atoms with van der Waals surface area (Å²) in [5.74, 6) is 0.785. The lowest BCUT2D eigenvalue weighted by molar-refractivity contribution is -0.0232. The highest BCUT2D eigenvalue weighted by Gasteiger charge is 2.47. The Balaban J connectivity index is 1.10. The van der Waals surface area contributed by atoms with Crippen molar-refractivity contribution in [3.63, 3.8) is 0 Å². The molecule has 2 saturated carbocycles. The molecule has 0 atom stereocenters. The van der Waals surface area contributed by atoms with Crippen molar-refractivity contribution in [1.82, 2.24) is 19.8 Å². The summed E-state index contributed by atoms with van der Waals surface area (Å²) in [6.45, 7) is 4.21. The van der Waals surface area contributed by atoms with Crippen molar-refractivity contribution >= 4 is 12.0 Å². The monoisotopic (exact) mass is 455 g/mol. The van der Waals surface area contributed by atoms with Crippen LogP contribution in [0, 0.1) is 22.7 Å². The maximum Gasteiger partial charge on any atom is 0.410 e. The second-order valence-corrected chi connectivity index (χ2v) is 10.1. The summed E-state index contributed by atoms with van der Waals surface area (Å²) in [5, 5.41) is 8.68. The van der Waals surface area contributed by atoms with Crippen LogP contribution in [0.4, 0.5) is 4.79 Å². The molecule has 9 heteroatoms. The lowest BCUT2D eigenvalue weighted by atomic mass is 9.56. The second kappa shape index (κ2) is 9.54. The molecule has 3 aliphatic rings. The molecule has 2 heterocycles. The zero-order valence-electron chi connectivity index (χ0n) is 19.6. The average molecular weight is 456 g/mol. The van der Waals surface area contributed by atoms with Gasteiger partial charge in [-0.2, -0.15) is 5.26 Å². The first-order valence-corrected chi connectivity index (χ1v) is 11.9. The first-order chi connectivity index (χ1) is 15.8. The van der Waals surface area contributed by atoms with Crippen molar-refractivity contribution in [3.05, 3.63) is 18.1 Å². The molecule has 4 rings (SSSR count). The number of amides is 2.